The fourth-order valence-electron chi connectivity index (χ4n) is 1.53. The van der Waals surface area contributed by atoms with E-state index in [9.17, 15) is 9.18 Å². The number of carbonyl (C=O) groups is 1. The number of hydrogen-bond acceptors (Lipinski definition) is 3. The van der Waals surface area contributed by atoms with Gasteiger partial charge in [-0.25, -0.2) is 9.18 Å². The molecule has 5 heteroatoms. The van der Waals surface area contributed by atoms with Crippen LogP contribution in [0.15, 0.2) is 23.4 Å². The predicted molar refractivity (Wildman–Crippen MR) is 54.8 cm³/mol. The van der Waals surface area contributed by atoms with Gasteiger partial charge in [-0.15, -0.1) is 0 Å². The number of rotatable bonds is 2. The zero-order valence-electron chi connectivity index (χ0n) is 8.61. The maximum Gasteiger partial charge on any atom is 0.348 e. The third-order valence-corrected chi connectivity index (χ3v) is 2.38. The molecule has 0 amide bonds. The highest BCUT2D eigenvalue weighted by molar-refractivity contribution is 6.03. The second-order valence-corrected chi connectivity index (χ2v) is 3.66. The van der Waals surface area contributed by atoms with Gasteiger partial charge in [0.25, 0.3) is 0 Å². The lowest BCUT2D eigenvalue weighted by atomic mass is 10.0. The quantitative estimate of drug-likeness (QED) is 0.830. The first-order valence-electron chi connectivity index (χ1n) is 4.80. The molecule has 0 bridgehead atoms. The number of benzene rings is 1. The number of carboxylic acid groups (broad SMARTS) is 1. The monoisotopic (exact) mass is 223 g/mol. The zero-order chi connectivity index (χ0) is 11.7. The zero-order valence-corrected chi connectivity index (χ0v) is 8.61. The van der Waals surface area contributed by atoms with E-state index in [1.807, 2.05) is 6.92 Å². The smallest absolute Gasteiger partial charge is 0.348 e. The first-order valence-corrected chi connectivity index (χ1v) is 4.80. The van der Waals surface area contributed by atoms with E-state index in [0.717, 1.165) is 5.56 Å². The van der Waals surface area contributed by atoms with E-state index in [0.29, 0.717) is 11.3 Å². The van der Waals surface area contributed by atoms with Crippen LogP contribution >= 0.6 is 0 Å². The van der Waals surface area contributed by atoms with Crippen LogP contribution in [0.4, 0.5) is 4.39 Å². The highest BCUT2D eigenvalue weighted by Gasteiger charge is 2.29. The van der Waals surface area contributed by atoms with Gasteiger partial charge >= 0.3 is 5.97 Å². The Morgan fingerprint density at radius 2 is 2.38 bits per heavy atom. The summed E-state index contributed by atoms with van der Waals surface area (Å²) < 4.78 is 13.5. The van der Waals surface area contributed by atoms with Crippen LogP contribution in [0.3, 0.4) is 0 Å². The molecule has 1 aliphatic rings. The van der Waals surface area contributed by atoms with Gasteiger partial charge in [-0.2, -0.15) is 0 Å². The van der Waals surface area contributed by atoms with Gasteiger partial charge in [0.15, 0.2) is 0 Å². The molecule has 4 nitrogen and oxygen atoms in total. The van der Waals surface area contributed by atoms with Gasteiger partial charge in [0.1, 0.15) is 5.82 Å². The Bertz CT molecular complexity index is 470. The Labute approximate surface area is 91.3 Å². The second-order valence-electron chi connectivity index (χ2n) is 3.66. The topological polar surface area (TPSA) is 58.9 Å². The van der Waals surface area contributed by atoms with Crippen molar-refractivity contribution in [1.29, 1.82) is 0 Å². The molecule has 1 aromatic carbocycles. The lowest BCUT2D eigenvalue weighted by molar-refractivity contribution is -0.148. The van der Waals surface area contributed by atoms with E-state index in [1.165, 1.54) is 6.07 Å². The molecule has 0 spiro atoms. The molecule has 1 heterocycles. The summed E-state index contributed by atoms with van der Waals surface area (Å²) >= 11 is 0. The molecule has 0 radical (unpaired) electrons. The first kappa shape index (κ1) is 10.6. The molecule has 1 atom stereocenters. The Balaban J connectivity index is 2.27. The van der Waals surface area contributed by atoms with E-state index < -0.39 is 17.9 Å². The summed E-state index contributed by atoms with van der Waals surface area (Å²) in [7, 11) is 0. The highest BCUT2D eigenvalue weighted by atomic mass is 19.1. The molecule has 84 valence electrons. The van der Waals surface area contributed by atoms with Crippen molar-refractivity contribution >= 4 is 11.7 Å². The number of carboxylic acids is 1. The van der Waals surface area contributed by atoms with Crippen molar-refractivity contribution in [2.24, 2.45) is 5.16 Å². The Morgan fingerprint density at radius 1 is 1.62 bits per heavy atom. The van der Waals surface area contributed by atoms with Crippen molar-refractivity contribution in [2.75, 3.05) is 0 Å². The van der Waals surface area contributed by atoms with Crippen molar-refractivity contribution in [2.45, 2.75) is 19.4 Å². The highest BCUT2D eigenvalue weighted by Crippen LogP contribution is 2.20. The van der Waals surface area contributed by atoms with Crippen LogP contribution in [-0.2, 0) is 9.63 Å². The van der Waals surface area contributed by atoms with Crippen molar-refractivity contribution in [1.82, 2.24) is 0 Å². The van der Waals surface area contributed by atoms with Crippen molar-refractivity contribution in [3.05, 3.63) is 35.1 Å². The molecule has 0 fully saturated rings. The summed E-state index contributed by atoms with van der Waals surface area (Å²) in [6, 6.07) is 4.60. The molecule has 0 aromatic heterocycles. The van der Waals surface area contributed by atoms with Gasteiger partial charge in [-0.05, 0) is 19.1 Å². The Kier molecular flexibility index (Phi) is 2.60. The maximum atomic E-state index is 13.5. The third kappa shape index (κ3) is 1.88. The number of halogens is 1. The lowest BCUT2D eigenvalue weighted by Gasteiger charge is -2.02. The summed E-state index contributed by atoms with van der Waals surface area (Å²) in [5, 5.41) is 12.3. The molecule has 1 aromatic rings. The van der Waals surface area contributed by atoms with E-state index >= 15 is 0 Å². The van der Waals surface area contributed by atoms with Crippen LogP contribution in [0.5, 0.6) is 0 Å². The largest absolute Gasteiger partial charge is 0.478 e. The van der Waals surface area contributed by atoms with Crippen LogP contribution in [0.25, 0.3) is 0 Å². The summed E-state index contributed by atoms with van der Waals surface area (Å²) in [6.45, 7) is 1.83. The molecular weight excluding hydrogens is 213 g/mol. The second kappa shape index (κ2) is 3.92. The average Bonchev–Trinajstić information content (AvgIpc) is 2.70. The van der Waals surface area contributed by atoms with Gasteiger partial charge in [0.05, 0.1) is 5.71 Å². The minimum absolute atomic E-state index is 0.0930. The fraction of sp³-hybridized carbons (Fsp3) is 0.273. The van der Waals surface area contributed by atoms with Crippen LogP contribution < -0.4 is 0 Å². The summed E-state index contributed by atoms with van der Waals surface area (Å²) in [6.07, 6.45) is -0.912. The van der Waals surface area contributed by atoms with Gasteiger partial charge in [-0.3, -0.25) is 0 Å². The molecule has 1 aliphatic heterocycles. The molecule has 0 saturated carbocycles. The molecule has 1 N–H and O–H groups in total. The summed E-state index contributed by atoms with van der Waals surface area (Å²) in [4.78, 5) is 15.3. The molecule has 16 heavy (non-hydrogen) atoms. The number of aryl methyl sites for hydroxylation is 1. The minimum Gasteiger partial charge on any atom is -0.478 e. The van der Waals surface area contributed by atoms with Gasteiger partial charge < -0.3 is 9.94 Å². The van der Waals surface area contributed by atoms with Crippen molar-refractivity contribution in [3.63, 3.8) is 0 Å². The number of nitrogens with zero attached hydrogens (tertiary/aromatic N) is 1. The average molecular weight is 223 g/mol. The van der Waals surface area contributed by atoms with Crippen molar-refractivity contribution < 1.29 is 19.1 Å². The summed E-state index contributed by atoms with van der Waals surface area (Å²) in [5.74, 6) is -1.51. The third-order valence-electron chi connectivity index (χ3n) is 2.38. The first-order chi connectivity index (χ1) is 7.58. The van der Waals surface area contributed by atoms with Crippen LogP contribution in [0.1, 0.15) is 17.5 Å². The SMILES string of the molecule is Cc1ccc(F)c(C2=NOC(C(=O)O)C2)c1. The van der Waals surface area contributed by atoms with Crippen LogP contribution in [-0.4, -0.2) is 22.9 Å². The molecule has 1 unspecified atom stereocenters. The van der Waals surface area contributed by atoms with Gasteiger partial charge in [0, 0.05) is 12.0 Å². The number of oxime groups is 1. The van der Waals surface area contributed by atoms with E-state index in [2.05, 4.69) is 5.16 Å². The lowest BCUT2D eigenvalue weighted by Crippen LogP contribution is -2.20. The number of aliphatic carboxylic acids is 1. The maximum absolute atomic E-state index is 13.5. The van der Waals surface area contributed by atoms with Gasteiger partial charge in [0.2, 0.25) is 6.10 Å². The Morgan fingerprint density at radius 3 is 3.00 bits per heavy atom. The molecule has 0 saturated heterocycles. The van der Waals surface area contributed by atoms with Gasteiger partial charge in [-0.1, -0.05) is 16.8 Å². The van der Waals surface area contributed by atoms with E-state index in [1.54, 1.807) is 12.1 Å². The normalized spacial score (nSPS) is 19.1. The number of hydrogen-bond donors (Lipinski definition) is 1. The fourth-order valence-corrected chi connectivity index (χ4v) is 1.53. The van der Waals surface area contributed by atoms with Crippen molar-refractivity contribution in [3.8, 4) is 0 Å². The van der Waals surface area contributed by atoms with Crippen LogP contribution in [0, 0.1) is 12.7 Å². The minimum atomic E-state index is -1.09. The predicted octanol–water partition coefficient (Wildman–Crippen LogP) is 1.71. The standard InChI is InChI=1S/C11H10FNO3/c1-6-2-3-8(12)7(4-6)9-5-10(11(14)15)16-13-9/h2-4,10H,5H2,1H3,(H,14,15). The Hall–Kier alpha value is -1.91. The summed E-state index contributed by atoms with van der Waals surface area (Å²) in [5.41, 5.74) is 1.54. The molecule has 0 aliphatic carbocycles. The van der Waals surface area contributed by atoms with E-state index in [4.69, 9.17) is 9.94 Å². The van der Waals surface area contributed by atoms with Crippen LogP contribution in [0.2, 0.25) is 0 Å². The van der Waals surface area contributed by atoms with E-state index in [-0.39, 0.29) is 6.42 Å². The molecular formula is C11H10FNO3. The molecule has 2 rings (SSSR count).